The van der Waals surface area contributed by atoms with E-state index in [0.717, 1.165) is 17.5 Å². The lowest BCUT2D eigenvalue weighted by atomic mass is 10.1. The number of hydrogen-bond acceptors (Lipinski definition) is 2. The zero-order valence-corrected chi connectivity index (χ0v) is 11.1. The highest BCUT2D eigenvalue weighted by Gasteiger charge is 2.36. The Balaban J connectivity index is 1.72. The van der Waals surface area contributed by atoms with Crippen molar-refractivity contribution in [2.75, 3.05) is 19.6 Å². The second kappa shape index (κ2) is 4.68. The third kappa shape index (κ3) is 2.23. The van der Waals surface area contributed by atoms with Gasteiger partial charge in [-0.25, -0.2) is 0 Å². The maximum absolute atomic E-state index is 12.4. The molecule has 1 atom stereocenters. The second-order valence-electron chi connectivity index (χ2n) is 5.40. The number of benzene rings is 1. The van der Waals surface area contributed by atoms with Crippen LogP contribution in [0.25, 0.3) is 0 Å². The van der Waals surface area contributed by atoms with E-state index < -0.39 is 0 Å². The van der Waals surface area contributed by atoms with Crippen molar-refractivity contribution < 1.29 is 9.59 Å². The van der Waals surface area contributed by atoms with Crippen LogP contribution in [0, 0.1) is 6.92 Å². The summed E-state index contributed by atoms with van der Waals surface area (Å²) in [5.74, 6) is 0.325. The fraction of sp³-hybridized carbons (Fsp3) is 0.467. The average Bonchev–Trinajstić information content (AvgIpc) is 2.80. The van der Waals surface area contributed by atoms with Crippen molar-refractivity contribution in [3.8, 4) is 0 Å². The van der Waals surface area contributed by atoms with Crippen LogP contribution in [0.1, 0.15) is 28.8 Å². The minimum absolute atomic E-state index is 0.0824. The van der Waals surface area contributed by atoms with E-state index in [1.54, 1.807) is 0 Å². The number of fused-ring (bicyclic) bond motifs is 1. The summed E-state index contributed by atoms with van der Waals surface area (Å²) in [5, 5.41) is 0. The number of aryl methyl sites for hydroxylation is 1. The molecule has 0 N–H and O–H groups in total. The maximum Gasteiger partial charge on any atom is 0.253 e. The number of carbonyl (C=O) groups excluding carboxylic acids is 2. The molecule has 2 fully saturated rings. The predicted octanol–water partition coefficient (Wildman–Crippen LogP) is 1.44. The Morgan fingerprint density at radius 2 is 1.95 bits per heavy atom. The Morgan fingerprint density at radius 3 is 2.68 bits per heavy atom. The first kappa shape index (κ1) is 12.2. The molecule has 0 radical (unpaired) electrons. The van der Waals surface area contributed by atoms with E-state index in [0.29, 0.717) is 26.1 Å². The van der Waals surface area contributed by atoms with Crippen LogP contribution >= 0.6 is 0 Å². The summed E-state index contributed by atoms with van der Waals surface area (Å²) >= 11 is 0. The summed E-state index contributed by atoms with van der Waals surface area (Å²) in [6, 6.07) is 7.91. The molecule has 4 heteroatoms. The van der Waals surface area contributed by atoms with Crippen LogP contribution in [-0.4, -0.2) is 47.3 Å². The zero-order chi connectivity index (χ0) is 13.4. The smallest absolute Gasteiger partial charge is 0.253 e. The Kier molecular flexibility index (Phi) is 3.01. The summed E-state index contributed by atoms with van der Waals surface area (Å²) in [6.45, 7) is 4.02. The lowest BCUT2D eigenvalue weighted by Crippen LogP contribution is -2.53. The first-order chi connectivity index (χ1) is 9.15. The van der Waals surface area contributed by atoms with Gasteiger partial charge in [-0.1, -0.05) is 17.7 Å². The van der Waals surface area contributed by atoms with Crippen molar-refractivity contribution in [1.82, 2.24) is 9.80 Å². The van der Waals surface area contributed by atoms with Crippen LogP contribution in [0.4, 0.5) is 0 Å². The number of carbonyl (C=O) groups is 2. The Labute approximate surface area is 113 Å². The molecule has 100 valence electrons. The standard InChI is InChI=1S/C15H18N2O2/c1-11-2-4-12(5-3-11)15(19)16-8-9-17-13(10-16)6-7-14(17)18/h2-5,13H,6-10H2,1H3/t13-/m1/s1. The number of piperazine rings is 1. The molecule has 1 aromatic carbocycles. The number of amides is 2. The summed E-state index contributed by atoms with van der Waals surface area (Å²) in [7, 11) is 0. The Bertz CT molecular complexity index is 509. The molecule has 0 saturated carbocycles. The van der Waals surface area contributed by atoms with Gasteiger partial charge in [-0.05, 0) is 25.5 Å². The van der Waals surface area contributed by atoms with Gasteiger partial charge in [0.05, 0.1) is 0 Å². The van der Waals surface area contributed by atoms with Gasteiger partial charge in [-0.15, -0.1) is 0 Å². The van der Waals surface area contributed by atoms with Crippen LogP contribution in [0.5, 0.6) is 0 Å². The van der Waals surface area contributed by atoms with Crippen LogP contribution in [0.15, 0.2) is 24.3 Å². The lowest BCUT2D eigenvalue weighted by Gasteiger charge is -2.37. The first-order valence-corrected chi connectivity index (χ1v) is 6.80. The molecular weight excluding hydrogens is 240 g/mol. The minimum atomic E-state index is 0.0824. The molecule has 2 saturated heterocycles. The van der Waals surface area contributed by atoms with Crippen LogP contribution in [0.2, 0.25) is 0 Å². The van der Waals surface area contributed by atoms with Gasteiger partial charge >= 0.3 is 0 Å². The summed E-state index contributed by atoms with van der Waals surface area (Å²) in [5.41, 5.74) is 1.89. The zero-order valence-electron chi connectivity index (χ0n) is 11.1. The molecular formula is C15H18N2O2. The molecule has 2 aliphatic heterocycles. The molecule has 0 aromatic heterocycles. The predicted molar refractivity (Wildman–Crippen MR) is 71.8 cm³/mol. The average molecular weight is 258 g/mol. The van der Waals surface area contributed by atoms with Gasteiger partial charge in [0.25, 0.3) is 5.91 Å². The largest absolute Gasteiger partial charge is 0.336 e. The summed E-state index contributed by atoms with van der Waals surface area (Å²) in [4.78, 5) is 27.8. The molecule has 19 heavy (non-hydrogen) atoms. The van der Waals surface area contributed by atoms with Crippen LogP contribution in [0.3, 0.4) is 0 Å². The normalized spacial score (nSPS) is 22.6. The highest BCUT2D eigenvalue weighted by Crippen LogP contribution is 2.23. The minimum Gasteiger partial charge on any atom is -0.336 e. The van der Waals surface area contributed by atoms with Crippen LogP contribution < -0.4 is 0 Å². The molecule has 0 bridgehead atoms. The molecule has 0 aliphatic carbocycles. The Morgan fingerprint density at radius 1 is 1.21 bits per heavy atom. The molecule has 2 amide bonds. The molecule has 2 heterocycles. The van der Waals surface area contributed by atoms with Crippen molar-refractivity contribution in [3.63, 3.8) is 0 Å². The van der Waals surface area contributed by atoms with E-state index in [9.17, 15) is 9.59 Å². The molecule has 4 nitrogen and oxygen atoms in total. The SMILES string of the molecule is Cc1ccc(C(=O)N2CCN3C(=O)CC[C@@H]3C2)cc1. The number of hydrogen-bond donors (Lipinski definition) is 0. The van der Waals surface area contributed by atoms with E-state index in [1.807, 2.05) is 41.0 Å². The Hall–Kier alpha value is -1.84. The van der Waals surface area contributed by atoms with Gasteiger partial charge in [0.1, 0.15) is 0 Å². The molecule has 1 aromatic rings. The van der Waals surface area contributed by atoms with Crippen molar-refractivity contribution >= 4 is 11.8 Å². The van der Waals surface area contributed by atoms with Crippen molar-refractivity contribution in [2.45, 2.75) is 25.8 Å². The monoisotopic (exact) mass is 258 g/mol. The van der Waals surface area contributed by atoms with Gasteiger partial charge < -0.3 is 9.80 Å². The van der Waals surface area contributed by atoms with Gasteiger partial charge in [-0.3, -0.25) is 9.59 Å². The van der Waals surface area contributed by atoms with Crippen molar-refractivity contribution in [1.29, 1.82) is 0 Å². The fourth-order valence-corrected chi connectivity index (χ4v) is 2.93. The molecule has 0 unspecified atom stereocenters. The quantitative estimate of drug-likeness (QED) is 0.765. The topological polar surface area (TPSA) is 40.6 Å². The lowest BCUT2D eigenvalue weighted by molar-refractivity contribution is -0.130. The van der Waals surface area contributed by atoms with Crippen molar-refractivity contribution in [3.05, 3.63) is 35.4 Å². The summed E-state index contributed by atoms with van der Waals surface area (Å²) in [6.07, 6.45) is 1.52. The third-order valence-electron chi connectivity index (χ3n) is 4.08. The third-order valence-corrected chi connectivity index (χ3v) is 4.08. The maximum atomic E-state index is 12.4. The highest BCUT2D eigenvalue weighted by molar-refractivity contribution is 5.94. The van der Waals surface area contributed by atoms with E-state index in [2.05, 4.69) is 0 Å². The van der Waals surface area contributed by atoms with Crippen molar-refractivity contribution in [2.24, 2.45) is 0 Å². The van der Waals surface area contributed by atoms with Gasteiger partial charge in [-0.2, -0.15) is 0 Å². The van der Waals surface area contributed by atoms with Crippen LogP contribution in [-0.2, 0) is 4.79 Å². The first-order valence-electron chi connectivity index (χ1n) is 6.80. The van der Waals surface area contributed by atoms with E-state index in [-0.39, 0.29) is 17.9 Å². The van der Waals surface area contributed by atoms with Gasteiger partial charge in [0, 0.05) is 37.7 Å². The van der Waals surface area contributed by atoms with Gasteiger partial charge in [0.15, 0.2) is 0 Å². The second-order valence-corrected chi connectivity index (χ2v) is 5.40. The summed E-state index contributed by atoms with van der Waals surface area (Å²) < 4.78 is 0. The fourth-order valence-electron chi connectivity index (χ4n) is 2.93. The highest BCUT2D eigenvalue weighted by atomic mass is 16.2. The number of nitrogens with zero attached hydrogens (tertiary/aromatic N) is 2. The van der Waals surface area contributed by atoms with E-state index in [4.69, 9.17) is 0 Å². The van der Waals surface area contributed by atoms with E-state index in [1.165, 1.54) is 0 Å². The van der Waals surface area contributed by atoms with E-state index >= 15 is 0 Å². The van der Waals surface area contributed by atoms with Gasteiger partial charge in [0.2, 0.25) is 5.91 Å². The molecule has 3 rings (SSSR count). The molecule has 2 aliphatic rings. The number of rotatable bonds is 1. The molecule has 0 spiro atoms.